The molecule has 0 saturated heterocycles. The van der Waals surface area contributed by atoms with Crippen molar-refractivity contribution in [1.82, 2.24) is 9.88 Å². The first-order chi connectivity index (χ1) is 13.8. The highest BCUT2D eigenvalue weighted by Gasteiger charge is 2.34. The van der Waals surface area contributed by atoms with Crippen molar-refractivity contribution in [1.29, 1.82) is 0 Å². The first-order valence-corrected chi connectivity index (χ1v) is 9.42. The number of nitrogens with one attached hydrogen (secondary N) is 1. The van der Waals surface area contributed by atoms with E-state index in [1.165, 1.54) is 6.20 Å². The third kappa shape index (κ3) is 4.36. The molecule has 1 N–H and O–H groups in total. The Balaban J connectivity index is 1.81. The van der Waals surface area contributed by atoms with Crippen LogP contribution in [-0.2, 0) is 11.3 Å². The number of nitrogens with zero attached hydrogens (tertiary/aromatic N) is 2. The van der Waals surface area contributed by atoms with E-state index in [2.05, 4.69) is 10.3 Å². The van der Waals surface area contributed by atoms with Gasteiger partial charge in [-0.05, 0) is 37.1 Å². The molecular formula is C21H23F2N3O3. The van der Waals surface area contributed by atoms with Crippen LogP contribution in [0.3, 0.4) is 0 Å². The van der Waals surface area contributed by atoms with Gasteiger partial charge in [-0.2, -0.15) is 0 Å². The van der Waals surface area contributed by atoms with E-state index in [4.69, 9.17) is 4.74 Å². The standard InChI is InChI=1S/C21H23F2N3O3/c1-4-19(27)25-20-16-10-26(21(28)15(16)7-8-24-20)13(3)14-5-6-17(12(2)9-14)29-11-18(22)23/h5-9,13,18H,4,10-11H2,1-3H3,(H,24,25,27). The number of ether oxygens (including phenoxy) is 1. The number of fused-ring (bicyclic) bond motifs is 1. The molecule has 1 aliphatic heterocycles. The van der Waals surface area contributed by atoms with Gasteiger partial charge in [0.25, 0.3) is 12.3 Å². The first-order valence-electron chi connectivity index (χ1n) is 9.42. The minimum absolute atomic E-state index is 0.141. The van der Waals surface area contributed by atoms with Crippen molar-refractivity contribution in [2.45, 2.75) is 46.2 Å². The van der Waals surface area contributed by atoms with Crippen LogP contribution in [0.15, 0.2) is 30.5 Å². The average molecular weight is 403 g/mol. The fourth-order valence-electron chi connectivity index (χ4n) is 3.32. The van der Waals surface area contributed by atoms with E-state index in [1.54, 1.807) is 36.9 Å². The smallest absolute Gasteiger partial charge is 0.272 e. The van der Waals surface area contributed by atoms with Gasteiger partial charge in [-0.25, -0.2) is 13.8 Å². The summed E-state index contributed by atoms with van der Waals surface area (Å²) in [5, 5.41) is 2.74. The number of pyridine rings is 1. The van der Waals surface area contributed by atoms with Crippen LogP contribution in [0, 0.1) is 6.92 Å². The zero-order chi connectivity index (χ0) is 21.1. The molecule has 0 radical (unpaired) electrons. The van der Waals surface area contributed by atoms with Crippen LogP contribution >= 0.6 is 0 Å². The number of hydrogen-bond acceptors (Lipinski definition) is 4. The molecule has 1 aliphatic rings. The van der Waals surface area contributed by atoms with Gasteiger partial charge in [0, 0.05) is 23.7 Å². The molecule has 1 aromatic heterocycles. The van der Waals surface area contributed by atoms with E-state index in [1.807, 2.05) is 13.0 Å². The van der Waals surface area contributed by atoms with Crippen molar-refractivity contribution >= 4 is 17.6 Å². The van der Waals surface area contributed by atoms with Gasteiger partial charge >= 0.3 is 0 Å². The third-order valence-electron chi connectivity index (χ3n) is 4.97. The molecule has 2 aromatic rings. The number of hydrogen-bond donors (Lipinski definition) is 1. The zero-order valence-corrected chi connectivity index (χ0v) is 16.5. The molecular weight excluding hydrogens is 380 g/mol. The molecule has 29 heavy (non-hydrogen) atoms. The Kier molecular flexibility index (Phi) is 6.10. The van der Waals surface area contributed by atoms with Gasteiger partial charge in [0.15, 0.2) is 0 Å². The number of anilines is 1. The average Bonchev–Trinajstić information content (AvgIpc) is 3.04. The predicted octanol–water partition coefficient (Wildman–Crippen LogP) is 4.10. The summed E-state index contributed by atoms with van der Waals surface area (Å²) >= 11 is 0. The van der Waals surface area contributed by atoms with Crippen LogP contribution in [0.25, 0.3) is 0 Å². The number of rotatable bonds is 7. The lowest BCUT2D eigenvalue weighted by atomic mass is 10.0. The normalized spacial score (nSPS) is 14.1. The molecule has 0 aliphatic carbocycles. The molecule has 6 nitrogen and oxygen atoms in total. The number of benzene rings is 1. The molecule has 2 heterocycles. The highest BCUT2D eigenvalue weighted by molar-refractivity contribution is 6.01. The van der Waals surface area contributed by atoms with Crippen LogP contribution in [0.1, 0.15) is 53.4 Å². The van der Waals surface area contributed by atoms with Crippen molar-refractivity contribution < 1.29 is 23.1 Å². The van der Waals surface area contributed by atoms with Gasteiger partial charge in [-0.3, -0.25) is 9.59 Å². The number of amides is 2. The number of carbonyl (C=O) groups excluding carboxylic acids is 2. The minimum Gasteiger partial charge on any atom is -0.487 e. The van der Waals surface area contributed by atoms with Crippen LogP contribution < -0.4 is 10.1 Å². The van der Waals surface area contributed by atoms with E-state index in [0.717, 1.165) is 11.1 Å². The molecule has 8 heteroatoms. The molecule has 0 bridgehead atoms. The molecule has 1 aromatic carbocycles. The molecule has 0 spiro atoms. The molecule has 1 atom stereocenters. The van der Waals surface area contributed by atoms with Crippen LogP contribution in [0.4, 0.5) is 14.6 Å². The summed E-state index contributed by atoms with van der Waals surface area (Å²) in [5.41, 5.74) is 2.79. The van der Waals surface area contributed by atoms with Crippen molar-refractivity contribution in [2.24, 2.45) is 0 Å². The second-order valence-corrected chi connectivity index (χ2v) is 6.92. The molecule has 154 valence electrons. The Morgan fingerprint density at radius 2 is 2.10 bits per heavy atom. The Morgan fingerprint density at radius 1 is 1.34 bits per heavy atom. The van der Waals surface area contributed by atoms with E-state index >= 15 is 0 Å². The quantitative estimate of drug-likeness (QED) is 0.756. The van der Waals surface area contributed by atoms with E-state index in [9.17, 15) is 18.4 Å². The van der Waals surface area contributed by atoms with Crippen molar-refractivity contribution in [3.05, 3.63) is 52.7 Å². The van der Waals surface area contributed by atoms with Crippen LogP contribution in [-0.4, -0.2) is 34.7 Å². The van der Waals surface area contributed by atoms with Gasteiger partial charge in [-0.1, -0.05) is 19.1 Å². The number of halogens is 2. The Morgan fingerprint density at radius 3 is 2.76 bits per heavy atom. The van der Waals surface area contributed by atoms with Crippen molar-refractivity contribution in [3.63, 3.8) is 0 Å². The lowest BCUT2D eigenvalue weighted by Crippen LogP contribution is -2.27. The topological polar surface area (TPSA) is 71.5 Å². The van der Waals surface area contributed by atoms with Gasteiger partial charge in [-0.15, -0.1) is 0 Å². The zero-order valence-electron chi connectivity index (χ0n) is 16.5. The summed E-state index contributed by atoms with van der Waals surface area (Å²) in [6.45, 7) is 5.09. The number of carbonyl (C=O) groups is 2. The summed E-state index contributed by atoms with van der Waals surface area (Å²) in [6.07, 6.45) is -0.710. The lowest BCUT2D eigenvalue weighted by Gasteiger charge is -2.25. The highest BCUT2D eigenvalue weighted by atomic mass is 19.3. The maximum absolute atomic E-state index is 12.9. The Bertz CT molecular complexity index is 933. The third-order valence-corrected chi connectivity index (χ3v) is 4.97. The summed E-state index contributed by atoms with van der Waals surface area (Å²) in [5.74, 6) is 0.493. The minimum atomic E-state index is -2.54. The molecule has 2 amide bonds. The molecule has 0 saturated carbocycles. The molecule has 1 unspecified atom stereocenters. The maximum atomic E-state index is 12.9. The monoisotopic (exact) mass is 403 g/mol. The van der Waals surface area contributed by atoms with Crippen molar-refractivity contribution in [3.8, 4) is 5.75 Å². The number of aryl methyl sites for hydroxylation is 1. The SMILES string of the molecule is CCC(=O)Nc1nccc2c1CN(C(C)c1ccc(OCC(F)F)c(C)c1)C2=O. The second kappa shape index (κ2) is 8.55. The molecule has 3 rings (SSSR count). The van der Waals surface area contributed by atoms with Crippen LogP contribution in [0.2, 0.25) is 0 Å². The fraction of sp³-hybridized carbons (Fsp3) is 0.381. The summed E-state index contributed by atoms with van der Waals surface area (Å²) in [4.78, 5) is 30.6. The van der Waals surface area contributed by atoms with Crippen LogP contribution in [0.5, 0.6) is 5.75 Å². The Labute approximate surface area is 167 Å². The van der Waals surface area contributed by atoms with Gasteiger partial charge in [0.05, 0.1) is 12.6 Å². The van der Waals surface area contributed by atoms with Gasteiger partial charge in [0.1, 0.15) is 18.2 Å². The highest BCUT2D eigenvalue weighted by Crippen LogP contribution is 2.35. The largest absolute Gasteiger partial charge is 0.487 e. The number of alkyl halides is 2. The second-order valence-electron chi connectivity index (χ2n) is 6.92. The van der Waals surface area contributed by atoms with Gasteiger partial charge < -0.3 is 15.0 Å². The fourth-order valence-corrected chi connectivity index (χ4v) is 3.32. The van der Waals surface area contributed by atoms with E-state index in [0.29, 0.717) is 35.7 Å². The van der Waals surface area contributed by atoms with Gasteiger partial charge in [0.2, 0.25) is 5.91 Å². The Hall–Kier alpha value is -3.03. The molecule has 0 fully saturated rings. The summed E-state index contributed by atoms with van der Waals surface area (Å²) in [7, 11) is 0. The summed E-state index contributed by atoms with van der Waals surface area (Å²) < 4.78 is 29.9. The summed E-state index contributed by atoms with van der Waals surface area (Å²) in [6, 6.07) is 6.64. The van der Waals surface area contributed by atoms with Crippen molar-refractivity contribution in [2.75, 3.05) is 11.9 Å². The lowest BCUT2D eigenvalue weighted by molar-refractivity contribution is -0.115. The maximum Gasteiger partial charge on any atom is 0.272 e. The van der Waals surface area contributed by atoms with E-state index < -0.39 is 13.0 Å². The number of aromatic nitrogens is 1. The first kappa shape index (κ1) is 20.7. The van der Waals surface area contributed by atoms with E-state index in [-0.39, 0.29) is 17.9 Å². The predicted molar refractivity (Wildman–Crippen MR) is 104 cm³/mol.